The van der Waals surface area contributed by atoms with Crippen LogP contribution in [-0.4, -0.2) is 94.9 Å². The second kappa shape index (κ2) is 9.80. The molecule has 1 aromatic carbocycles. The number of alkyl halides is 2. The number of hydrogen-bond acceptors (Lipinski definition) is 9. The molecule has 5 rings (SSSR count). The first-order chi connectivity index (χ1) is 17.4. The highest BCUT2D eigenvalue weighted by molar-refractivity contribution is 5.84. The normalized spacial score (nSPS) is 16.5. The van der Waals surface area contributed by atoms with Gasteiger partial charge in [-0.3, -0.25) is 9.36 Å². The average molecular weight is 503 g/mol. The number of benzene rings is 1. The van der Waals surface area contributed by atoms with Gasteiger partial charge < -0.3 is 24.2 Å². The Morgan fingerprint density at radius 3 is 2.56 bits per heavy atom. The molecule has 3 aromatic rings. The number of halogens is 2. The van der Waals surface area contributed by atoms with E-state index in [9.17, 15) is 13.6 Å². The van der Waals surface area contributed by atoms with E-state index >= 15 is 0 Å². The molecule has 1 amide bonds. The molecule has 0 N–H and O–H groups in total. The monoisotopic (exact) mass is 502 g/mol. The second-order valence-electron chi connectivity index (χ2n) is 8.69. The first-order valence-electron chi connectivity index (χ1n) is 11.8. The largest absolute Gasteiger partial charge is 0.494 e. The lowest BCUT2D eigenvalue weighted by molar-refractivity contribution is -0.135. The first-order valence-corrected chi connectivity index (χ1v) is 11.8. The van der Waals surface area contributed by atoms with Crippen LogP contribution >= 0.6 is 0 Å². The predicted octanol–water partition coefficient (Wildman–Crippen LogP) is 2.05. The molecule has 13 heteroatoms. The number of hydrogen-bond donors (Lipinski definition) is 0. The maximum Gasteiger partial charge on any atom is 0.296 e. The summed E-state index contributed by atoms with van der Waals surface area (Å²) in [5.74, 6) is 0.732. The minimum atomic E-state index is -2.87. The van der Waals surface area contributed by atoms with E-state index in [1.807, 2.05) is 23.8 Å². The minimum Gasteiger partial charge on any atom is -0.494 e. The van der Waals surface area contributed by atoms with E-state index in [1.54, 1.807) is 23.1 Å². The number of aromatic nitrogens is 5. The van der Waals surface area contributed by atoms with Crippen molar-refractivity contribution >= 4 is 28.8 Å². The Hall–Kier alpha value is -3.61. The molecule has 2 aromatic heterocycles. The Balaban J connectivity index is 1.61. The number of para-hydroxylation sites is 1. The SMILES string of the molecule is CCC(=O)N1CC(N(C)c2nc(N3CCOCC3)nc(-n3c(C(F)F)nc4c(OC)cccc43)n2)C1. The number of ether oxygens (including phenoxy) is 2. The van der Waals surface area contributed by atoms with Gasteiger partial charge in [-0.15, -0.1) is 0 Å². The summed E-state index contributed by atoms with van der Waals surface area (Å²) in [6.07, 6.45) is -2.42. The van der Waals surface area contributed by atoms with Crippen LogP contribution in [0.5, 0.6) is 5.75 Å². The number of nitrogens with zero attached hydrogens (tertiary/aromatic N) is 8. The van der Waals surface area contributed by atoms with Crippen LogP contribution in [0, 0.1) is 0 Å². The Morgan fingerprint density at radius 1 is 1.17 bits per heavy atom. The van der Waals surface area contributed by atoms with Gasteiger partial charge in [0.05, 0.1) is 31.9 Å². The molecule has 0 bridgehead atoms. The quantitative estimate of drug-likeness (QED) is 0.480. The lowest BCUT2D eigenvalue weighted by Crippen LogP contribution is -2.60. The zero-order chi connectivity index (χ0) is 25.4. The number of likely N-dealkylation sites (N-methyl/N-ethyl adjacent to an activating group) is 1. The number of morpholine rings is 1. The van der Waals surface area contributed by atoms with Gasteiger partial charge in [-0.05, 0) is 12.1 Å². The van der Waals surface area contributed by atoms with Gasteiger partial charge in [0.1, 0.15) is 11.3 Å². The van der Waals surface area contributed by atoms with Crippen molar-refractivity contribution in [2.45, 2.75) is 25.8 Å². The molecule has 0 radical (unpaired) electrons. The van der Waals surface area contributed by atoms with Gasteiger partial charge in [-0.2, -0.15) is 15.0 Å². The molecule has 0 spiro atoms. The molecule has 0 aliphatic carbocycles. The van der Waals surface area contributed by atoms with Crippen LogP contribution in [0.2, 0.25) is 0 Å². The van der Waals surface area contributed by atoms with Crippen molar-refractivity contribution in [1.29, 1.82) is 0 Å². The van der Waals surface area contributed by atoms with E-state index in [0.717, 1.165) is 0 Å². The predicted molar refractivity (Wildman–Crippen MR) is 128 cm³/mol. The summed E-state index contributed by atoms with van der Waals surface area (Å²) in [7, 11) is 3.30. The fourth-order valence-electron chi connectivity index (χ4n) is 4.41. The number of fused-ring (bicyclic) bond motifs is 1. The summed E-state index contributed by atoms with van der Waals surface area (Å²) in [5.41, 5.74) is 0.701. The Morgan fingerprint density at radius 2 is 1.89 bits per heavy atom. The molecule has 2 fully saturated rings. The van der Waals surface area contributed by atoms with Crippen LogP contribution in [0.3, 0.4) is 0 Å². The van der Waals surface area contributed by atoms with Crippen molar-refractivity contribution in [2.24, 2.45) is 0 Å². The lowest BCUT2D eigenvalue weighted by Gasteiger charge is -2.44. The highest BCUT2D eigenvalue weighted by atomic mass is 19.3. The smallest absolute Gasteiger partial charge is 0.296 e. The molecule has 0 saturated carbocycles. The van der Waals surface area contributed by atoms with Gasteiger partial charge in [0.2, 0.25) is 23.8 Å². The molecule has 2 aliphatic heterocycles. The van der Waals surface area contributed by atoms with E-state index in [0.29, 0.717) is 74.5 Å². The van der Waals surface area contributed by atoms with Crippen LogP contribution in [0.15, 0.2) is 18.2 Å². The molecular weight excluding hydrogens is 474 g/mol. The van der Waals surface area contributed by atoms with Crippen LogP contribution in [-0.2, 0) is 9.53 Å². The topological polar surface area (TPSA) is 102 Å². The summed E-state index contributed by atoms with van der Waals surface area (Å²) in [6.45, 7) is 5.07. The number of rotatable bonds is 7. The minimum absolute atomic E-state index is 0.00230. The van der Waals surface area contributed by atoms with Crippen molar-refractivity contribution in [3.63, 3.8) is 0 Å². The van der Waals surface area contributed by atoms with Crippen molar-refractivity contribution in [3.05, 3.63) is 24.0 Å². The number of likely N-dealkylation sites (tertiary alicyclic amines) is 1. The molecule has 4 heterocycles. The molecule has 11 nitrogen and oxygen atoms in total. The standard InChI is InChI=1S/C23H28F2N8O3/c1-4-17(34)32-12-14(13-32)30(2)21-27-22(31-8-10-36-11-9-31)29-23(28-21)33-15-6-5-7-16(35-3)18(15)26-20(33)19(24)25/h5-7,14,19H,4,8-13H2,1-3H3. The van der Waals surface area contributed by atoms with E-state index in [-0.39, 0.29) is 17.9 Å². The van der Waals surface area contributed by atoms with Crippen LogP contribution in [0.4, 0.5) is 20.7 Å². The van der Waals surface area contributed by atoms with E-state index in [4.69, 9.17) is 9.47 Å². The summed E-state index contributed by atoms with van der Waals surface area (Å²) < 4.78 is 40.4. The maximum atomic E-state index is 14.2. The van der Waals surface area contributed by atoms with Crippen molar-refractivity contribution in [3.8, 4) is 11.7 Å². The summed E-state index contributed by atoms with van der Waals surface area (Å²) in [4.78, 5) is 35.6. The van der Waals surface area contributed by atoms with E-state index in [2.05, 4.69) is 19.9 Å². The van der Waals surface area contributed by atoms with Crippen LogP contribution < -0.4 is 14.5 Å². The molecule has 192 valence electrons. The number of methoxy groups -OCH3 is 1. The third-order valence-corrected chi connectivity index (χ3v) is 6.56. The van der Waals surface area contributed by atoms with Crippen molar-refractivity contribution in [1.82, 2.24) is 29.4 Å². The Labute approximate surface area is 206 Å². The third-order valence-electron chi connectivity index (χ3n) is 6.56. The van der Waals surface area contributed by atoms with Gasteiger partial charge in [0.15, 0.2) is 5.82 Å². The lowest BCUT2D eigenvalue weighted by atomic mass is 10.1. The van der Waals surface area contributed by atoms with Crippen molar-refractivity contribution < 1.29 is 23.0 Å². The Kier molecular flexibility index (Phi) is 6.56. The van der Waals surface area contributed by atoms with E-state index in [1.165, 1.54) is 11.7 Å². The molecule has 2 saturated heterocycles. The van der Waals surface area contributed by atoms with Crippen LogP contribution in [0.1, 0.15) is 25.6 Å². The fraction of sp³-hybridized carbons (Fsp3) is 0.522. The average Bonchev–Trinajstić information content (AvgIpc) is 3.28. The number of amides is 1. The highest BCUT2D eigenvalue weighted by Gasteiger charge is 2.35. The Bertz CT molecular complexity index is 1260. The van der Waals surface area contributed by atoms with Gasteiger partial charge in [-0.25, -0.2) is 13.8 Å². The van der Waals surface area contributed by atoms with Gasteiger partial charge >= 0.3 is 0 Å². The molecule has 2 aliphatic rings. The molecular formula is C23H28F2N8O3. The number of carbonyl (C=O) groups is 1. The maximum absolute atomic E-state index is 14.2. The molecule has 0 atom stereocenters. The van der Waals surface area contributed by atoms with Crippen molar-refractivity contribution in [2.75, 3.05) is 63.4 Å². The second-order valence-corrected chi connectivity index (χ2v) is 8.69. The molecule has 36 heavy (non-hydrogen) atoms. The number of carbonyl (C=O) groups excluding carboxylic acids is 1. The zero-order valence-electron chi connectivity index (χ0n) is 20.4. The van der Waals surface area contributed by atoms with Gasteiger partial charge in [0, 0.05) is 39.6 Å². The van der Waals surface area contributed by atoms with Gasteiger partial charge in [-0.1, -0.05) is 13.0 Å². The first kappa shape index (κ1) is 24.1. The summed E-state index contributed by atoms with van der Waals surface area (Å²) >= 11 is 0. The van der Waals surface area contributed by atoms with Crippen LogP contribution in [0.25, 0.3) is 17.0 Å². The summed E-state index contributed by atoms with van der Waals surface area (Å²) in [6, 6.07) is 5.06. The summed E-state index contributed by atoms with van der Waals surface area (Å²) in [5, 5.41) is 0. The van der Waals surface area contributed by atoms with E-state index < -0.39 is 12.2 Å². The fourth-order valence-corrected chi connectivity index (χ4v) is 4.41. The number of anilines is 2. The third kappa shape index (κ3) is 4.27. The molecule has 0 unspecified atom stereocenters. The van der Waals surface area contributed by atoms with Gasteiger partial charge in [0.25, 0.3) is 6.43 Å². The highest BCUT2D eigenvalue weighted by Crippen LogP contribution is 2.32. The zero-order valence-corrected chi connectivity index (χ0v) is 20.4. The number of imidazole rings is 1.